The van der Waals surface area contributed by atoms with Gasteiger partial charge in [-0.2, -0.15) is 8.42 Å². The molecule has 0 radical (unpaired) electrons. The highest BCUT2D eigenvalue weighted by Gasteiger charge is 2.44. The third kappa shape index (κ3) is 11.1. The van der Waals surface area contributed by atoms with E-state index in [4.69, 9.17) is 3.63 Å². The molecule has 4 aromatic carbocycles. The lowest BCUT2D eigenvalue weighted by Crippen LogP contribution is -2.21. The Balaban J connectivity index is 2.32. The smallest absolute Gasteiger partial charge is 0.203 e. The zero-order chi connectivity index (χ0) is 39.0. The van der Waals surface area contributed by atoms with Gasteiger partial charge in [-0.3, -0.25) is 0 Å². The normalized spacial score (nSPS) is 12.4. The first kappa shape index (κ1) is 43.9. The molecule has 0 aliphatic carbocycles. The molecule has 0 aliphatic rings. The van der Waals surface area contributed by atoms with Crippen LogP contribution in [-0.4, -0.2) is 8.42 Å². The number of hydrogen-bond acceptors (Lipinski definition) is 3. The molecular formula is C49H70O3S2. The highest BCUT2D eigenvalue weighted by atomic mass is 32.3. The predicted octanol–water partition coefficient (Wildman–Crippen LogP) is 14.7. The summed E-state index contributed by atoms with van der Waals surface area (Å²) in [4.78, 5) is 3.47. The van der Waals surface area contributed by atoms with Gasteiger partial charge in [0.05, 0.1) is 4.90 Å². The SMILES string of the molecule is CCCCc1cc(CCCC)c(S(OS(=O)(=O)c2ccc(C)cc2)(c2ccccc2)c2c(CCCC)cc(CCCC)cc2CCCC)c(CCCC)c1. The van der Waals surface area contributed by atoms with Crippen molar-refractivity contribution >= 4 is 20.4 Å². The van der Waals surface area contributed by atoms with Crippen molar-refractivity contribution in [2.45, 2.75) is 184 Å². The van der Waals surface area contributed by atoms with Crippen molar-refractivity contribution in [2.24, 2.45) is 0 Å². The van der Waals surface area contributed by atoms with Crippen molar-refractivity contribution in [3.63, 3.8) is 0 Å². The van der Waals surface area contributed by atoms with Crippen molar-refractivity contribution < 1.29 is 12.0 Å². The topological polar surface area (TPSA) is 43.4 Å². The standard InChI is InChI=1S/C49H70O3S2/c1-8-14-23-40-35-42(25-16-10-3)48(43(36-40)26-17-11-4)53(46-29-21-20-22-30-46,52-54(50,51)47-33-31-39(7)32-34-47)49-44(27-18-12-5)37-41(24-15-9-2)38-45(49)28-19-13-6/h20-22,29-38H,8-19,23-28H2,1-7H3. The van der Waals surface area contributed by atoms with Gasteiger partial charge < -0.3 is 0 Å². The molecule has 0 unspecified atom stereocenters. The fourth-order valence-electron chi connectivity index (χ4n) is 7.59. The number of rotatable bonds is 24. The molecule has 0 atom stereocenters. The molecule has 4 aromatic rings. The van der Waals surface area contributed by atoms with Crippen LogP contribution in [-0.2, 0) is 52.3 Å². The molecule has 296 valence electrons. The first-order chi connectivity index (χ1) is 26.2. The molecule has 4 rings (SSSR count). The largest absolute Gasteiger partial charge is 0.307 e. The van der Waals surface area contributed by atoms with Gasteiger partial charge in [0.15, 0.2) is 0 Å². The van der Waals surface area contributed by atoms with E-state index in [9.17, 15) is 0 Å². The lowest BCUT2D eigenvalue weighted by Gasteiger charge is -2.44. The van der Waals surface area contributed by atoms with Crippen LogP contribution >= 0.6 is 10.3 Å². The van der Waals surface area contributed by atoms with E-state index in [1.807, 2.05) is 19.1 Å². The Morgan fingerprint density at radius 3 is 1.15 bits per heavy atom. The number of aryl methyl sites for hydroxylation is 7. The molecule has 0 aliphatic heterocycles. The van der Waals surface area contributed by atoms with E-state index in [0.717, 1.165) is 136 Å². The highest BCUT2D eigenvalue weighted by Crippen LogP contribution is 2.74. The number of benzene rings is 4. The summed E-state index contributed by atoms with van der Waals surface area (Å²) in [5.74, 6) is 0. The Morgan fingerprint density at radius 2 is 0.796 bits per heavy atom. The summed E-state index contributed by atoms with van der Waals surface area (Å²) in [6.07, 6.45) is 18.6. The molecule has 0 N–H and O–H groups in total. The molecule has 0 bridgehead atoms. The first-order valence-electron chi connectivity index (χ1n) is 21.4. The molecule has 0 heterocycles. The van der Waals surface area contributed by atoms with Crippen LogP contribution in [0.1, 0.15) is 158 Å². The maximum atomic E-state index is 15.2. The van der Waals surface area contributed by atoms with Gasteiger partial charge in [-0.15, -0.1) is 0 Å². The van der Waals surface area contributed by atoms with Gasteiger partial charge in [0.1, 0.15) is 0 Å². The summed E-state index contributed by atoms with van der Waals surface area (Å²) in [7, 11) is -7.10. The lowest BCUT2D eigenvalue weighted by molar-refractivity contribution is 0.506. The lowest BCUT2D eigenvalue weighted by atomic mass is 9.96. The second kappa shape index (κ2) is 22.0. The summed E-state index contributed by atoms with van der Waals surface area (Å²) >= 11 is 0. The molecule has 0 aromatic heterocycles. The predicted molar refractivity (Wildman–Crippen MR) is 233 cm³/mol. The van der Waals surface area contributed by atoms with Crippen molar-refractivity contribution in [1.82, 2.24) is 0 Å². The zero-order valence-corrected chi connectivity index (χ0v) is 36.4. The summed E-state index contributed by atoms with van der Waals surface area (Å²) in [6, 6.07) is 27.5. The maximum absolute atomic E-state index is 15.2. The summed E-state index contributed by atoms with van der Waals surface area (Å²) in [5.41, 5.74) is 8.84. The monoisotopic (exact) mass is 770 g/mol. The van der Waals surface area contributed by atoms with Crippen molar-refractivity contribution in [3.8, 4) is 0 Å². The second-order valence-electron chi connectivity index (χ2n) is 15.3. The van der Waals surface area contributed by atoms with Crippen molar-refractivity contribution in [1.29, 1.82) is 0 Å². The summed E-state index contributed by atoms with van der Waals surface area (Å²) in [5, 5.41) is 0. The van der Waals surface area contributed by atoms with E-state index in [0.29, 0.717) is 0 Å². The van der Waals surface area contributed by atoms with E-state index < -0.39 is 20.4 Å². The van der Waals surface area contributed by atoms with E-state index in [1.165, 1.54) is 33.4 Å². The van der Waals surface area contributed by atoms with Gasteiger partial charge in [-0.1, -0.05) is 140 Å². The van der Waals surface area contributed by atoms with Crippen LogP contribution in [0.15, 0.2) is 98.4 Å². The molecular weight excluding hydrogens is 701 g/mol. The van der Waals surface area contributed by atoms with Gasteiger partial charge in [0.2, 0.25) is 0 Å². The molecule has 5 heteroatoms. The Hall–Kier alpha value is -2.86. The molecule has 0 amide bonds. The highest BCUT2D eigenvalue weighted by molar-refractivity contribution is 8.33. The van der Waals surface area contributed by atoms with Crippen LogP contribution in [0.3, 0.4) is 0 Å². The Kier molecular flexibility index (Phi) is 17.9. The minimum Gasteiger partial charge on any atom is -0.203 e. The zero-order valence-electron chi connectivity index (χ0n) is 34.8. The maximum Gasteiger partial charge on any atom is 0.307 e. The van der Waals surface area contributed by atoms with Crippen molar-refractivity contribution in [2.75, 3.05) is 0 Å². The van der Waals surface area contributed by atoms with Crippen LogP contribution in [0.25, 0.3) is 0 Å². The van der Waals surface area contributed by atoms with Crippen LogP contribution in [0.2, 0.25) is 0 Å². The molecule has 0 saturated heterocycles. The fourth-order valence-corrected chi connectivity index (χ4v) is 13.6. The quantitative estimate of drug-likeness (QED) is 0.0713. The van der Waals surface area contributed by atoms with Crippen LogP contribution in [0, 0.1) is 6.92 Å². The Labute approximate surface area is 332 Å². The molecule has 0 spiro atoms. The van der Waals surface area contributed by atoms with Gasteiger partial charge in [-0.25, -0.2) is 3.63 Å². The van der Waals surface area contributed by atoms with E-state index >= 15 is 8.42 Å². The van der Waals surface area contributed by atoms with Crippen LogP contribution in [0.5, 0.6) is 0 Å². The molecule has 0 fully saturated rings. The van der Waals surface area contributed by atoms with Crippen molar-refractivity contribution in [3.05, 3.63) is 118 Å². The second-order valence-corrected chi connectivity index (χ2v) is 19.6. The van der Waals surface area contributed by atoms with Crippen LogP contribution in [0.4, 0.5) is 0 Å². The van der Waals surface area contributed by atoms with E-state index in [2.05, 4.69) is 96.1 Å². The molecule has 3 nitrogen and oxygen atoms in total. The van der Waals surface area contributed by atoms with Gasteiger partial charge >= 0.3 is 10.1 Å². The van der Waals surface area contributed by atoms with Crippen LogP contribution < -0.4 is 0 Å². The Bertz CT molecular complexity index is 1690. The average Bonchev–Trinajstić information content (AvgIpc) is 3.18. The average molecular weight is 771 g/mol. The first-order valence-corrected chi connectivity index (χ1v) is 24.4. The third-order valence-corrected chi connectivity index (χ3v) is 16.1. The van der Waals surface area contributed by atoms with E-state index in [1.54, 1.807) is 12.1 Å². The Morgan fingerprint density at radius 1 is 0.444 bits per heavy atom. The number of unbranched alkanes of at least 4 members (excludes halogenated alkanes) is 6. The summed E-state index contributed by atoms with van der Waals surface area (Å²) < 4.78 is 37.8. The summed E-state index contributed by atoms with van der Waals surface area (Å²) in [6.45, 7) is 15.6. The van der Waals surface area contributed by atoms with Gasteiger partial charge in [0.25, 0.3) is 0 Å². The molecule has 54 heavy (non-hydrogen) atoms. The minimum atomic E-state index is -4.24. The fraction of sp³-hybridized carbons (Fsp3) is 0.510. The van der Waals surface area contributed by atoms with Gasteiger partial charge in [-0.05, 0) is 152 Å². The molecule has 0 saturated carbocycles. The minimum absolute atomic E-state index is 0.218. The third-order valence-electron chi connectivity index (χ3n) is 10.6. The number of hydrogen-bond donors (Lipinski definition) is 0. The van der Waals surface area contributed by atoms with E-state index in [-0.39, 0.29) is 4.90 Å². The van der Waals surface area contributed by atoms with Gasteiger partial charge in [0, 0.05) is 14.7 Å².